The van der Waals surface area contributed by atoms with E-state index >= 15 is 0 Å². The summed E-state index contributed by atoms with van der Waals surface area (Å²) in [5, 5.41) is 3.83. The first-order valence-corrected chi connectivity index (χ1v) is 8.14. The van der Waals surface area contributed by atoms with Gasteiger partial charge >= 0.3 is 0 Å². The molecule has 1 rings (SSSR count). The van der Waals surface area contributed by atoms with Gasteiger partial charge in [-0.3, -0.25) is 0 Å². The molecule has 0 amide bonds. The van der Waals surface area contributed by atoms with E-state index in [1.54, 1.807) is 0 Å². The van der Waals surface area contributed by atoms with Crippen LogP contribution in [0.15, 0.2) is 0 Å². The average molecular weight is 254 g/mol. The van der Waals surface area contributed by atoms with E-state index < -0.39 is 0 Å². The predicted molar refractivity (Wildman–Crippen MR) is 81.0 cm³/mol. The molecule has 2 atom stereocenters. The summed E-state index contributed by atoms with van der Waals surface area (Å²) in [5.74, 6) is 1.74. The van der Waals surface area contributed by atoms with Crippen LogP contribution >= 0.6 is 0 Å². The Bertz CT molecular complexity index is 203. The molecule has 0 heterocycles. The van der Waals surface area contributed by atoms with Gasteiger partial charge < -0.3 is 10.2 Å². The van der Waals surface area contributed by atoms with Crippen molar-refractivity contribution in [2.75, 3.05) is 26.2 Å². The molecule has 0 aromatic rings. The molecule has 0 bridgehead atoms. The fraction of sp³-hybridized carbons (Fsp3) is 1.00. The number of likely N-dealkylation sites (N-methyl/N-ethyl adjacent to an activating group) is 1. The Morgan fingerprint density at radius 2 is 1.83 bits per heavy atom. The molecule has 0 saturated heterocycles. The molecule has 1 aliphatic rings. The lowest BCUT2D eigenvalue weighted by Crippen LogP contribution is -2.44. The first kappa shape index (κ1) is 16.0. The van der Waals surface area contributed by atoms with E-state index in [1.807, 2.05) is 0 Å². The second-order valence-electron chi connectivity index (χ2n) is 6.19. The molecular formula is C16H34N2. The van der Waals surface area contributed by atoms with Gasteiger partial charge in [0.2, 0.25) is 0 Å². The highest BCUT2D eigenvalue weighted by Crippen LogP contribution is 2.29. The second-order valence-corrected chi connectivity index (χ2v) is 6.19. The molecule has 0 aromatic carbocycles. The van der Waals surface area contributed by atoms with Crippen molar-refractivity contribution in [3.8, 4) is 0 Å². The monoisotopic (exact) mass is 254 g/mol. The van der Waals surface area contributed by atoms with Gasteiger partial charge in [0.15, 0.2) is 0 Å². The SMILES string of the molecule is CCCN(CC)CCNC1CCCCC1C(C)C. The minimum Gasteiger partial charge on any atom is -0.312 e. The van der Waals surface area contributed by atoms with Crippen molar-refractivity contribution in [1.82, 2.24) is 10.2 Å². The van der Waals surface area contributed by atoms with Crippen molar-refractivity contribution >= 4 is 0 Å². The topological polar surface area (TPSA) is 15.3 Å². The van der Waals surface area contributed by atoms with Crippen molar-refractivity contribution in [2.24, 2.45) is 11.8 Å². The molecule has 108 valence electrons. The molecule has 0 aromatic heterocycles. The van der Waals surface area contributed by atoms with Gasteiger partial charge in [0.1, 0.15) is 0 Å². The Morgan fingerprint density at radius 1 is 1.11 bits per heavy atom. The van der Waals surface area contributed by atoms with Crippen LogP contribution in [0.5, 0.6) is 0 Å². The van der Waals surface area contributed by atoms with Crippen molar-refractivity contribution in [3.05, 3.63) is 0 Å². The van der Waals surface area contributed by atoms with Crippen LogP contribution in [0.4, 0.5) is 0 Å². The van der Waals surface area contributed by atoms with Crippen LogP contribution in [0.25, 0.3) is 0 Å². The Hall–Kier alpha value is -0.0800. The van der Waals surface area contributed by atoms with Crippen LogP contribution in [0.1, 0.15) is 59.8 Å². The highest BCUT2D eigenvalue weighted by Gasteiger charge is 2.26. The van der Waals surface area contributed by atoms with Crippen LogP contribution in [0, 0.1) is 11.8 Å². The third-order valence-corrected chi connectivity index (χ3v) is 4.50. The van der Waals surface area contributed by atoms with Gasteiger partial charge in [0, 0.05) is 19.1 Å². The highest BCUT2D eigenvalue weighted by molar-refractivity contribution is 4.83. The summed E-state index contributed by atoms with van der Waals surface area (Å²) in [4.78, 5) is 2.56. The maximum absolute atomic E-state index is 3.83. The van der Waals surface area contributed by atoms with Crippen LogP contribution in [-0.2, 0) is 0 Å². The van der Waals surface area contributed by atoms with E-state index in [-0.39, 0.29) is 0 Å². The Morgan fingerprint density at radius 3 is 2.44 bits per heavy atom. The number of nitrogens with zero attached hydrogens (tertiary/aromatic N) is 1. The molecule has 0 radical (unpaired) electrons. The van der Waals surface area contributed by atoms with Crippen LogP contribution < -0.4 is 5.32 Å². The summed E-state index contributed by atoms with van der Waals surface area (Å²) < 4.78 is 0. The third kappa shape index (κ3) is 5.27. The first-order chi connectivity index (χ1) is 8.69. The molecule has 0 aliphatic heterocycles. The van der Waals surface area contributed by atoms with E-state index in [0.717, 1.165) is 17.9 Å². The lowest BCUT2D eigenvalue weighted by molar-refractivity contribution is 0.196. The quantitative estimate of drug-likeness (QED) is 0.713. The summed E-state index contributed by atoms with van der Waals surface area (Å²) in [6, 6.07) is 0.777. The summed E-state index contributed by atoms with van der Waals surface area (Å²) in [6.07, 6.45) is 6.96. The molecular weight excluding hydrogens is 220 g/mol. The van der Waals surface area contributed by atoms with E-state index in [1.165, 1.54) is 58.3 Å². The normalized spacial score (nSPS) is 25.0. The van der Waals surface area contributed by atoms with Gasteiger partial charge in [-0.2, -0.15) is 0 Å². The van der Waals surface area contributed by atoms with Gasteiger partial charge in [-0.15, -0.1) is 0 Å². The summed E-state index contributed by atoms with van der Waals surface area (Å²) in [6.45, 7) is 14.1. The molecule has 0 spiro atoms. The van der Waals surface area contributed by atoms with Crippen LogP contribution in [-0.4, -0.2) is 37.1 Å². The van der Waals surface area contributed by atoms with Gasteiger partial charge in [0.25, 0.3) is 0 Å². The van der Waals surface area contributed by atoms with E-state index in [9.17, 15) is 0 Å². The number of hydrogen-bond acceptors (Lipinski definition) is 2. The van der Waals surface area contributed by atoms with Gasteiger partial charge in [0.05, 0.1) is 0 Å². The maximum atomic E-state index is 3.83. The summed E-state index contributed by atoms with van der Waals surface area (Å²) in [7, 11) is 0. The smallest absolute Gasteiger partial charge is 0.0107 e. The largest absolute Gasteiger partial charge is 0.312 e. The maximum Gasteiger partial charge on any atom is 0.0107 e. The fourth-order valence-electron chi connectivity index (χ4n) is 3.36. The first-order valence-electron chi connectivity index (χ1n) is 8.14. The van der Waals surface area contributed by atoms with Gasteiger partial charge in [-0.25, -0.2) is 0 Å². The van der Waals surface area contributed by atoms with E-state index in [2.05, 4.69) is 37.9 Å². The zero-order valence-corrected chi connectivity index (χ0v) is 13.0. The molecule has 2 heteroatoms. The standard InChI is InChI=1S/C16H34N2/c1-5-12-18(6-2)13-11-17-16-10-8-7-9-15(16)14(3)4/h14-17H,5-13H2,1-4H3. The third-order valence-electron chi connectivity index (χ3n) is 4.50. The Kier molecular flexibility index (Phi) is 7.92. The minimum atomic E-state index is 0.777. The highest BCUT2D eigenvalue weighted by atomic mass is 15.1. The number of hydrogen-bond donors (Lipinski definition) is 1. The van der Waals surface area contributed by atoms with E-state index in [0.29, 0.717) is 0 Å². The summed E-state index contributed by atoms with van der Waals surface area (Å²) in [5.41, 5.74) is 0. The molecule has 1 N–H and O–H groups in total. The van der Waals surface area contributed by atoms with Gasteiger partial charge in [-0.05, 0) is 44.2 Å². The van der Waals surface area contributed by atoms with Crippen LogP contribution in [0.2, 0.25) is 0 Å². The van der Waals surface area contributed by atoms with Crippen LogP contribution in [0.3, 0.4) is 0 Å². The lowest BCUT2D eigenvalue weighted by atomic mass is 9.78. The average Bonchev–Trinajstić information content (AvgIpc) is 2.38. The molecule has 18 heavy (non-hydrogen) atoms. The van der Waals surface area contributed by atoms with E-state index in [4.69, 9.17) is 0 Å². The zero-order valence-electron chi connectivity index (χ0n) is 13.0. The minimum absolute atomic E-state index is 0.777. The molecule has 2 nitrogen and oxygen atoms in total. The van der Waals surface area contributed by atoms with Crippen molar-refractivity contribution < 1.29 is 0 Å². The van der Waals surface area contributed by atoms with Crippen molar-refractivity contribution in [3.63, 3.8) is 0 Å². The summed E-state index contributed by atoms with van der Waals surface area (Å²) >= 11 is 0. The molecule has 1 aliphatic carbocycles. The van der Waals surface area contributed by atoms with Gasteiger partial charge in [-0.1, -0.05) is 40.5 Å². The Balaban J connectivity index is 2.27. The second kappa shape index (κ2) is 8.92. The van der Waals surface area contributed by atoms with Crippen molar-refractivity contribution in [2.45, 2.75) is 65.8 Å². The number of rotatable bonds is 8. The Labute approximate surface area is 115 Å². The fourth-order valence-corrected chi connectivity index (χ4v) is 3.36. The lowest BCUT2D eigenvalue weighted by Gasteiger charge is -2.35. The predicted octanol–water partition coefficient (Wildman–Crippen LogP) is 3.52. The number of nitrogens with one attached hydrogen (secondary N) is 1. The zero-order chi connectivity index (χ0) is 13.4. The molecule has 1 fully saturated rings. The van der Waals surface area contributed by atoms with Crippen molar-refractivity contribution in [1.29, 1.82) is 0 Å². The molecule has 2 unspecified atom stereocenters. The molecule has 1 saturated carbocycles.